The first-order valence-corrected chi connectivity index (χ1v) is 5.33. The van der Waals surface area contributed by atoms with Gasteiger partial charge in [-0.15, -0.1) is 0 Å². The summed E-state index contributed by atoms with van der Waals surface area (Å²) in [5, 5.41) is 12.5. The van der Waals surface area contributed by atoms with Crippen molar-refractivity contribution in [1.29, 1.82) is 0 Å². The maximum atomic E-state index is 9.11. The van der Waals surface area contributed by atoms with E-state index in [1.54, 1.807) is 0 Å². The minimum atomic E-state index is 0.119. The summed E-state index contributed by atoms with van der Waals surface area (Å²) in [5.41, 5.74) is 2.08. The molecule has 2 nitrogen and oxygen atoms in total. The van der Waals surface area contributed by atoms with Gasteiger partial charge in [0.05, 0.1) is 6.61 Å². The Morgan fingerprint density at radius 3 is 2.71 bits per heavy atom. The molecule has 76 valence electrons. The third-order valence-corrected chi connectivity index (χ3v) is 2.99. The van der Waals surface area contributed by atoms with Crippen LogP contribution in [0.3, 0.4) is 0 Å². The molecule has 1 aromatic carbocycles. The predicted molar refractivity (Wildman–Crippen MR) is 58.2 cm³/mol. The molecule has 0 bridgehead atoms. The molecule has 0 aromatic heterocycles. The molecule has 1 aliphatic rings. The predicted octanol–water partition coefficient (Wildman–Crippen LogP) is 2.39. The van der Waals surface area contributed by atoms with Gasteiger partial charge in [0.25, 0.3) is 0 Å². The van der Waals surface area contributed by atoms with Gasteiger partial charge in [0.1, 0.15) is 0 Å². The van der Waals surface area contributed by atoms with Crippen LogP contribution in [-0.4, -0.2) is 11.7 Å². The molecule has 0 saturated heterocycles. The SMILES string of the molecule is OCc1ccccc1NCC1CCC1. The van der Waals surface area contributed by atoms with Gasteiger partial charge < -0.3 is 10.4 Å². The first-order valence-electron chi connectivity index (χ1n) is 5.33. The van der Waals surface area contributed by atoms with E-state index in [1.165, 1.54) is 19.3 Å². The summed E-state index contributed by atoms with van der Waals surface area (Å²) in [6.07, 6.45) is 4.09. The average molecular weight is 191 g/mol. The van der Waals surface area contributed by atoms with E-state index in [-0.39, 0.29) is 6.61 Å². The molecule has 1 aromatic rings. The van der Waals surface area contributed by atoms with Crippen LogP contribution in [0.15, 0.2) is 24.3 Å². The Morgan fingerprint density at radius 2 is 2.07 bits per heavy atom. The molecular formula is C12H17NO. The lowest BCUT2D eigenvalue weighted by Crippen LogP contribution is -2.21. The number of nitrogens with one attached hydrogen (secondary N) is 1. The minimum Gasteiger partial charge on any atom is -0.392 e. The monoisotopic (exact) mass is 191 g/mol. The number of aliphatic hydroxyl groups excluding tert-OH is 1. The summed E-state index contributed by atoms with van der Waals surface area (Å²) in [5.74, 6) is 0.849. The summed E-state index contributed by atoms with van der Waals surface area (Å²) in [6.45, 7) is 1.17. The zero-order chi connectivity index (χ0) is 9.80. The summed E-state index contributed by atoms with van der Waals surface area (Å²) >= 11 is 0. The minimum absolute atomic E-state index is 0.119. The second-order valence-corrected chi connectivity index (χ2v) is 3.99. The maximum Gasteiger partial charge on any atom is 0.0701 e. The van der Waals surface area contributed by atoms with Crippen molar-refractivity contribution in [1.82, 2.24) is 0 Å². The third-order valence-electron chi connectivity index (χ3n) is 2.99. The van der Waals surface area contributed by atoms with Gasteiger partial charge in [-0.25, -0.2) is 0 Å². The number of hydrogen-bond acceptors (Lipinski definition) is 2. The standard InChI is InChI=1S/C12H17NO/c14-9-11-6-1-2-7-12(11)13-8-10-4-3-5-10/h1-2,6-7,10,13-14H,3-5,8-9H2. The lowest BCUT2D eigenvalue weighted by atomic mass is 9.85. The van der Waals surface area contributed by atoms with Crippen molar-refractivity contribution in [2.45, 2.75) is 25.9 Å². The van der Waals surface area contributed by atoms with Gasteiger partial charge in [-0.2, -0.15) is 0 Å². The zero-order valence-corrected chi connectivity index (χ0v) is 8.37. The van der Waals surface area contributed by atoms with Gasteiger partial charge in [-0.1, -0.05) is 24.6 Å². The molecule has 14 heavy (non-hydrogen) atoms. The highest BCUT2D eigenvalue weighted by Crippen LogP contribution is 2.27. The van der Waals surface area contributed by atoms with E-state index < -0.39 is 0 Å². The second-order valence-electron chi connectivity index (χ2n) is 3.99. The Kier molecular flexibility index (Phi) is 3.04. The highest BCUT2D eigenvalue weighted by Gasteiger charge is 2.16. The van der Waals surface area contributed by atoms with Gasteiger partial charge in [0, 0.05) is 17.8 Å². The smallest absolute Gasteiger partial charge is 0.0701 e. The Balaban J connectivity index is 1.93. The van der Waals surface area contributed by atoms with Gasteiger partial charge in [0.2, 0.25) is 0 Å². The van der Waals surface area contributed by atoms with Crippen molar-refractivity contribution in [2.75, 3.05) is 11.9 Å². The van der Waals surface area contributed by atoms with E-state index in [0.717, 1.165) is 23.7 Å². The molecule has 0 heterocycles. The number of benzene rings is 1. The molecule has 2 N–H and O–H groups in total. The average Bonchev–Trinajstić information content (AvgIpc) is 2.16. The van der Waals surface area contributed by atoms with E-state index >= 15 is 0 Å². The van der Waals surface area contributed by atoms with Crippen LogP contribution in [0.25, 0.3) is 0 Å². The molecule has 1 aliphatic carbocycles. The number of para-hydroxylation sites is 1. The molecule has 0 amide bonds. The quantitative estimate of drug-likeness (QED) is 0.766. The van der Waals surface area contributed by atoms with E-state index in [2.05, 4.69) is 5.32 Å². The molecular weight excluding hydrogens is 174 g/mol. The largest absolute Gasteiger partial charge is 0.392 e. The third kappa shape index (κ3) is 2.07. The lowest BCUT2D eigenvalue weighted by Gasteiger charge is -2.26. The summed E-state index contributed by atoms with van der Waals surface area (Å²) in [6, 6.07) is 7.95. The fourth-order valence-electron chi connectivity index (χ4n) is 1.78. The molecule has 0 radical (unpaired) electrons. The summed E-state index contributed by atoms with van der Waals surface area (Å²) < 4.78 is 0. The van der Waals surface area contributed by atoms with E-state index in [0.29, 0.717) is 0 Å². The van der Waals surface area contributed by atoms with Crippen LogP contribution in [0.5, 0.6) is 0 Å². The molecule has 0 atom stereocenters. The van der Waals surface area contributed by atoms with Gasteiger partial charge in [0.15, 0.2) is 0 Å². The molecule has 1 fully saturated rings. The van der Waals surface area contributed by atoms with E-state index in [9.17, 15) is 0 Å². The first-order chi connectivity index (χ1) is 6.90. The van der Waals surface area contributed by atoms with Crippen LogP contribution in [0.4, 0.5) is 5.69 Å². The fourth-order valence-corrected chi connectivity index (χ4v) is 1.78. The van der Waals surface area contributed by atoms with Crippen molar-refractivity contribution in [2.24, 2.45) is 5.92 Å². The van der Waals surface area contributed by atoms with Crippen LogP contribution in [-0.2, 0) is 6.61 Å². The fraction of sp³-hybridized carbons (Fsp3) is 0.500. The van der Waals surface area contributed by atoms with Crippen LogP contribution in [0.1, 0.15) is 24.8 Å². The Labute approximate surface area is 85.0 Å². The molecule has 1 saturated carbocycles. The number of hydrogen-bond donors (Lipinski definition) is 2. The summed E-state index contributed by atoms with van der Waals surface area (Å²) in [7, 11) is 0. The van der Waals surface area contributed by atoms with E-state index in [1.807, 2.05) is 24.3 Å². The Hall–Kier alpha value is -1.02. The molecule has 0 aliphatic heterocycles. The van der Waals surface area contributed by atoms with Gasteiger partial charge >= 0.3 is 0 Å². The summed E-state index contributed by atoms with van der Waals surface area (Å²) in [4.78, 5) is 0. The number of rotatable bonds is 4. The second kappa shape index (κ2) is 4.47. The molecule has 0 unspecified atom stereocenters. The molecule has 0 spiro atoms. The van der Waals surface area contributed by atoms with Crippen LogP contribution >= 0.6 is 0 Å². The Morgan fingerprint density at radius 1 is 1.29 bits per heavy atom. The lowest BCUT2D eigenvalue weighted by molar-refractivity contribution is 0.282. The Bertz CT molecular complexity index is 294. The zero-order valence-electron chi connectivity index (χ0n) is 8.37. The van der Waals surface area contributed by atoms with Crippen LogP contribution in [0.2, 0.25) is 0 Å². The maximum absolute atomic E-state index is 9.11. The first kappa shape index (κ1) is 9.53. The number of anilines is 1. The van der Waals surface area contributed by atoms with Crippen molar-refractivity contribution < 1.29 is 5.11 Å². The highest BCUT2D eigenvalue weighted by atomic mass is 16.3. The van der Waals surface area contributed by atoms with Crippen molar-refractivity contribution >= 4 is 5.69 Å². The topological polar surface area (TPSA) is 32.3 Å². The normalized spacial score (nSPS) is 16.4. The van der Waals surface area contributed by atoms with Crippen LogP contribution in [0, 0.1) is 5.92 Å². The van der Waals surface area contributed by atoms with Crippen molar-refractivity contribution in [3.8, 4) is 0 Å². The van der Waals surface area contributed by atoms with Crippen molar-refractivity contribution in [3.63, 3.8) is 0 Å². The van der Waals surface area contributed by atoms with Gasteiger partial charge in [-0.05, 0) is 24.8 Å². The van der Waals surface area contributed by atoms with Crippen molar-refractivity contribution in [3.05, 3.63) is 29.8 Å². The van der Waals surface area contributed by atoms with Gasteiger partial charge in [-0.3, -0.25) is 0 Å². The van der Waals surface area contributed by atoms with Crippen LogP contribution < -0.4 is 5.32 Å². The molecule has 2 rings (SSSR count). The highest BCUT2D eigenvalue weighted by molar-refractivity contribution is 5.50. The molecule has 2 heteroatoms. The van der Waals surface area contributed by atoms with E-state index in [4.69, 9.17) is 5.11 Å². The number of aliphatic hydroxyl groups is 1.